The molecule has 0 aliphatic carbocycles. The monoisotopic (exact) mass is 296 g/mol. The van der Waals surface area contributed by atoms with Crippen LogP contribution in [-0.2, 0) is 15.0 Å². The summed E-state index contributed by atoms with van der Waals surface area (Å²) in [7, 11) is 0. The Bertz CT molecular complexity index is 576. The maximum absolute atomic E-state index is 12.6. The molecule has 2 rings (SSSR count). The van der Waals surface area contributed by atoms with E-state index in [-0.39, 0.29) is 17.9 Å². The average Bonchev–Trinajstić information content (AvgIpc) is 2.81. The van der Waals surface area contributed by atoms with Crippen LogP contribution in [0.1, 0.15) is 43.1 Å². The number of imide groups is 1. The SMILES string of the molecule is CC1C(=O)NC(=O)CN1C(=O)c1snnc1C(C)(C)C. The van der Waals surface area contributed by atoms with Gasteiger partial charge in [0.05, 0.1) is 5.69 Å². The van der Waals surface area contributed by atoms with Crippen LogP contribution < -0.4 is 5.32 Å². The van der Waals surface area contributed by atoms with E-state index in [1.807, 2.05) is 20.8 Å². The Morgan fingerprint density at radius 2 is 2.05 bits per heavy atom. The lowest BCUT2D eigenvalue weighted by Crippen LogP contribution is -2.58. The van der Waals surface area contributed by atoms with Crippen molar-refractivity contribution in [2.45, 2.75) is 39.2 Å². The van der Waals surface area contributed by atoms with Gasteiger partial charge in [-0.15, -0.1) is 5.10 Å². The van der Waals surface area contributed by atoms with Gasteiger partial charge in [-0.3, -0.25) is 19.7 Å². The summed E-state index contributed by atoms with van der Waals surface area (Å²) in [5.41, 5.74) is 0.252. The maximum Gasteiger partial charge on any atom is 0.268 e. The maximum atomic E-state index is 12.6. The van der Waals surface area contributed by atoms with Gasteiger partial charge in [-0.2, -0.15) is 0 Å². The predicted octanol–water partition coefficient (Wildman–Crippen LogP) is 0.323. The molecule has 1 aromatic rings. The first-order valence-corrected chi connectivity index (χ1v) is 6.96. The number of nitrogens with one attached hydrogen (secondary N) is 1. The third-order valence-electron chi connectivity index (χ3n) is 3.08. The normalized spacial score (nSPS) is 20.0. The molecule has 1 N–H and O–H groups in total. The van der Waals surface area contributed by atoms with E-state index in [9.17, 15) is 14.4 Å². The fourth-order valence-electron chi connectivity index (χ4n) is 1.91. The van der Waals surface area contributed by atoms with Gasteiger partial charge >= 0.3 is 0 Å². The van der Waals surface area contributed by atoms with Crippen LogP contribution in [0.25, 0.3) is 0 Å². The van der Waals surface area contributed by atoms with Gasteiger partial charge in [0.15, 0.2) is 0 Å². The van der Waals surface area contributed by atoms with Gasteiger partial charge in [0.1, 0.15) is 17.5 Å². The third kappa shape index (κ3) is 2.55. The lowest BCUT2D eigenvalue weighted by molar-refractivity contribution is -0.138. The number of aromatic nitrogens is 2. The van der Waals surface area contributed by atoms with Crippen LogP contribution in [0.15, 0.2) is 0 Å². The topological polar surface area (TPSA) is 92.3 Å². The van der Waals surface area contributed by atoms with E-state index >= 15 is 0 Å². The van der Waals surface area contributed by atoms with Gasteiger partial charge in [0.2, 0.25) is 11.8 Å². The van der Waals surface area contributed by atoms with Crippen molar-refractivity contribution in [2.75, 3.05) is 6.54 Å². The first kappa shape index (κ1) is 14.6. The molecule has 1 unspecified atom stereocenters. The van der Waals surface area contributed by atoms with Crippen molar-refractivity contribution in [3.05, 3.63) is 10.6 Å². The molecule has 1 aliphatic heterocycles. The summed E-state index contributed by atoms with van der Waals surface area (Å²) in [6.45, 7) is 7.24. The first-order chi connectivity index (χ1) is 9.21. The molecule has 0 saturated carbocycles. The van der Waals surface area contributed by atoms with Crippen molar-refractivity contribution in [3.8, 4) is 0 Å². The van der Waals surface area contributed by atoms with E-state index in [0.717, 1.165) is 11.5 Å². The van der Waals surface area contributed by atoms with Crippen molar-refractivity contribution in [2.24, 2.45) is 0 Å². The molecule has 1 atom stereocenters. The minimum absolute atomic E-state index is 0.132. The Morgan fingerprint density at radius 1 is 1.40 bits per heavy atom. The van der Waals surface area contributed by atoms with Crippen LogP contribution in [0.5, 0.6) is 0 Å². The summed E-state index contributed by atoms with van der Waals surface area (Å²) in [6, 6.07) is -0.685. The fraction of sp³-hybridized carbons (Fsp3) is 0.583. The minimum Gasteiger partial charge on any atom is -0.317 e. The molecule has 0 aromatic carbocycles. The van der Waals surface area contributed by atoms with Crippen molar-refractivity contribution in [1.29, 1.82) is 0 Å². The van der Waals surface area contributed by atoms with E-state index in [2.05, 4.69) is 14.9 Å². The molecule has 8 heteroatoms. The highest BCUT2D eigenvalue weighted by Crippen LogP contribution is 2.27. The van der Waals surface area contributed by atoms with Crippen LogP contribution in [0.4, 0.5) is 0 Å². The average molecular weight is 296 g/mol. The van der Waals surface area contributed by atoms with Gasteiger partial charge < -0.3 is 4.90 Å². The van der Waals surface area contributed by atoms with Crippen LogP contribution >= 0.6 is 11.5 Å². The Hall–Kier alpha value is -1.83. The Kier molecular flexibility index (Phi) is 3.59. The van der Waals surface area contributed by atoms with Crippen LogP contribution in [-0.4, -0.2) is 44.8 Å². The second kappa shape index (κ2) is 4.93. The van der Waals surface area contributed by atoms with E-state index in [0.29, 0.717) is 10.6 Å². The zero-order chi connectivity index (χ0) is 15.1. The summed E-state index contributed by atoms with van der Waals surface area (Å²) in [6.07, 6.45) is 0. The highest BCUT2D eigenvalue weighted by atomic mass is 32.1. The Balaban J connectivity index is 2.34. The number of hydrogen-bond acceptors (Lipinski definition) is 6. The number of carbonyl (C=O) groups is 3. The molecule has 7 nitrogen and oxygen atoms in total. The Labute approximate surface area is 120 Å². The van der Waals surface area contributed by atoms with Crippen LogP contribution in [0.2, 0.25) is 0 Å². The summed E-state index contributed by atoms with van der Waals surface area (Å²) in [5.74, 6) is -1.32. The van der Waals surface area contributed by atoms with Crippen molar-refractivity contribution >= 4 is 29.3 Å². The highest BCUT2D eigenvalue weighted by Gasteiger charge is 2.37. The number of carbonyl (C=O) groups excluding carboxylic acids is 3. The van der Waals surface area contributed by atoms with Crippen LogP contribution in [0.3, 0.4) is 0 Å². The number of piperazine rings is 1. The molecule has 1 aliphatic rings. The zero-order valence-electron chi connectivity index (χ0n) is 11.8. The molecule has 1 saturated heterocycles. The summed E-state index contributed by atoms with van der Waals surface area (Å²) < 4.78 is 3.83. The van der Waals surface area contributed by atoms with Crippen LogP contribution in [0, 0.1) is 0 Å². The first-order valence-electron chi connectivity index (χ1n) is 6.19. The van der Waals surface area contributed by atoms with Gasteiger partial charge in [0, 0.05) is 5.41 Å². The van der Waals surface area contributed by atoms with Crippen molar-refractivity contribution in [1.82, 2.24) is 19.8 Å². The van der Waals surface area contributed by atoms with Gasteiger partial charge in [-0.1, -0.05) is 25.3 Å². The smallest absolute Gasteiger partial charge is 0.268 e. The van der Waals surface area contributed by atoms with Gasteiger partial charge in [-0.05, 0) is 18.5 Å². The number of hydrogen-bond donors (Lipinski definition) is 1. The standard InChI is InChI=1S/C12H16N4O3S/c1-6-10(18)13-7(17)5-16(6)11(19)8-9(12(2,3)4)14-15-20-8/h6H,5H2,1-4H3,(H,13,17,18). The molecular weight excluding hydrogens is 280 g/mol. The number of nitrogens with zero attached hydrogens (tertiary/aromatic N) is 3. The van der Waals surface area contributed by atoms with Crippen molar-refractivity contribution < 1.29 is 14.4 Å². The summed E-state index contributed by atoms with van der Waals surface area (Å²) in [4.78, 5) is 37.2. The number of rotatable bonds is 1. The summed E-state index contributed by atoms with van der Waals surface area (Å²) in [5, 5.41) is 6.21. The van der Waals surface area contributed by atoms with E-state index in [1.165, 1.54) is 4.90 Å². The van der Waals surface area contributed by atoms with E-state index in [4.69, 9.17) is 0 Å². The fourth-order valence-corrected chi connectivity index (χ4v) is 2.75. The molecule has 3 amide bonds. The second-order valence-electron chi connectivity index (χ2n) is 5.72. The largest absolute Gasteiger partial charge is 0.317 e. The van der Waals surface area contributed by atoms with E-state index in [1.54, 1.807) is 6.92 Å². The molecular formula is C12H16N4O3S. The molecule has 2 heterocycles. The van der Waals surface area contributed by atoms with Gasteiger partial charge in [-0.25, -0.2) is 0 Å². The quantitative estimate of drug-likeness (QED) is 0.754. The lowest BCUT2D eigenvalue weighted by atomic mass is 9.91. The second-order valence-corrected chi connectivity index (χ2v) is 6.48. The molecule has 0 bridgehead atoms. The van der Waals surface area contributed by atoms with Gasteiger partial charge in [0.25, 0.3) is 5.91 Å². The number of amides is 3. The molecule has 108 valence electrons. The zero-order valence-corrected chi connectivity index (χ0v) is 12.6. The molecule has 0 radical (unpaired) electrons. The third-order valence-corrected chi connectivity index (χ3v) is 3.79. The van der Waals surface area contributed by atoms with E-state index < -0.39 is 17.9 Å². The predicted molar refractivity (Wildman–Crippen MR) is 72.3 cm³/mol. The summed E-state index contributed by atoms with van der Waals surface area (Å²) >= 11 is 0.987. The minimum atomic E-state index is -0.685. The molecule has 0 spiro atoms. The Morgan fingerprint density at radius 3 is 2.65 bits per heavy atom. The molecule has 20 heavy (non-hydrogen) atoms. The molecule has 1 aromatic heterocycles. The van der Waals surface area contributed by atoms with Crippen molar-refractivity contribution in [3.63, 3.8) is 0 Å². The lowest BCUT2D eigenvalue weighted by Gasteiger charge is -2.31. The highest BCUT2D eigenvalue weighted by molar-refractivity contribution is 7.08. The molecule has 1 fully saturated rings.